The van der Waals surface area contributed by atoms with Gasteiger partial charge in [0.15, 0.2) is 5.78 Å². The van der Waals surface area contributed by atoms with E-state index in [9.17, 15) is 20.1 Å². The van der Waals surface area contributed by atoms with Crippen molar-refractivity contribution in [1.82, 2.24) is 0 Å². The fraction of sp³-hybridized carbons (Fsp3) is 0.821. The number of carbonyl (C=O) groups is 1. The van der Waals surface area contributed by atoms with Crippen LogP contribution in [0, 0.1) is 40.4 Å². The fourth-order valence-corrected chi connectivity index (χ4v) is 7.92. The topological polar surface area (TPSA) is 77.8 Å². The SMILES string of the molecule is CC(C)[C@@H](C)C=C[C@@H](C)[C@H]1CC[C@@]2(O)C3=CC(=O)[C@@]4(O)CC(O)CC[C@]4(C)[C@H]3CC[C@]12C. The third-order valence-electron chi connectivity index (χ3n) is 10.7. The number of aliphatic hydroxyl groups excluding tert-OH is 1. The molecule has 0 bridgehead atoms. The second-order valence-electron chi connectivity index (χ2n) is 12.5. The van der Waals surface area contributed by atoms with Crippen molar-refractivity contribution in [3.63, 3.8) is 0 Å². The number of carbonyl (C=O) groups excluding carboxylic acids is 1. The Hall–Kier alpha value is -0.970. The zero-order valence-corrected chi connectivity index (χ0v) is 20.9. The molecule has 4 heteroatoms. The van der Waals surface area contributed by atoms with Gasteiger partial charge >= 0.3 is 0 Å². The van der Waals surface area contributed by atoms with Crippen molar-refractivity contribution in [2.45, 2.75) is 104 Å². The van der Waals surface area contributed by atoms with Gasteiger partial charge in [0.2, 0.25) is 0 Å². The average molecular weight is 445 g/mol. The molecular weight excluding hydrogens is 400 g/mol. The first-order valence-electron chi connectivity index (χ1n) is 12.9. The van der Waals surface area contributed by atoms with Gasteiger partial charge < -0.3 is 15.3 Å². The van der Waals surface area contributed by atoms with Crippen molar-refractivity contribution in [3.05, 3.63) is 23.8 Å². The molecule has 4 nitrogen and oxygen atoms in total. The lowest BCUT2D eigenvalue weighted by molar-refractivity contribution is -0.188. The zero-order chi connectivity index (χ0) is 23.7. The van der Waals surface area contributed by atoms with Gasteiger partial charge in [-0.25, -0.2) is 0 Å². The minimum absolute atomic E-state index is 0.0127. The molecule has 9 atom stereocenters. The highest BCUT2D eigenvalue weighted by atomic mass is 16.3. The molecule has 32 heavy (non-hydrogen) atoms. The Labute approximate surface area is 194 Å². The van der Waals surface area contributed by atoms with E-state index in [1.807, 2.05) is 6.92 Å². The number of rotatable bonds is 4. The average Bonchev–Trinajstić information content (AvgIpc) is 3.00. The van der Waals surface area contributed by atoms with Gasteiger partial charge in [0.1, 0.15) is 5.60 Å². The number of hydrogen-bond acceptors (Lipinski definition) is 4. The van der Waals surface area contributed by atoms with E-state index in [0.717, 1.165) is 24.8 Å². The van der Waals surface area contributed by atoms with Crippen LogP contribution in [0.4, 0.5) is 0 Å². The minimum Gasteiger partial charge on any atom is -0.393 e. The molecule has 3 fully saturated rings. The monoisotopic (exact) mass is 444 g/mol. The van der Waals surface area contributed by atoms with Crippen molar-refractivity contribution < 1.29 is 20.1 Å². The molecule has 3 saturated carbocycles. The first-order valence-corrected chi connectivity index (χ1v) is 12.9. The van der Waals surface area contributed by atoms with Gasteiger partial charge in [0.25, 0.3) is 0 Å². The summed E-state index contributed by atoms with van der Waals surface area (Å²) in [5, 5.41) is 33.9. The summed E-state index contributed by atoms with van der Waals surface area (Å²) in [4.78, 5) is 13.3. The van der Waals surface area contributed by atoms with E-state index in [1.165, 1.54) is 0 Å². The van der Waals surface area contributed by atoms with Crippen molar-refractivity contribution in [2.24, 2.45) is 40.4 Å². The second kappa shape index (κ2) is 7.78. The Kier molecular flexibility index (Phi) is 5.88. The maximum absolute atomic E-state index is 13.3. The van der Waals surface area contributed by atoms with Crippen LogP contribution in [0.25, 0.3) is 0 Å². The molecule has 4 aliphatic rings. The summed E-state index contributed by atoms with van der Waals surface area (Å²) >= 11 is 0. The third kappa shape index (κ3) is 3.15. The summed E-state index contributed by atoms with van der Waals surface area (Å²) in [6.07, 6.45) is 10.4. The number of fused-ring (bicyclic) bond motifs is 5. The van der Waals surface area contributed by atoms with Gasteiger partial charge in [-0.1, -0.05) is 53.7 Å². The molecule has 180 valence electrons. The largest absolute Gasteiger partial charge is 0.393 e. The first-order chi connectivity index (χ1) is 14.8. The lowest BCUT2D eigenvalue weighted by Gasteiger charge is -2.62. The smallest absolute Gasteiger partial charge is 0.187 e. The van der Waals surface area contributed by atoms with E-state index < -0.39 is 22.7 Å². The van der Waals surface area contributed by atoms with Gasteiger partial charge in [-0.15, -0.1) is 0 Å². The van der Waals surface area contributed by atoms with Gasteiger partial charge in [-0.05, 0) is 79.8 Å². The Balaban J connectivity index is 1.68. The van der Waals surface area contributed by atoms with Crippen molar-refractivity contribution in [3.8, 4) is 0 Å². The van der Waals surface area contributed by atoms with Crippen LogP contribution in [0.2, 0.25) is 0 Å². The van der Waals surface area contributed by atoms with E-state index in [4.69, 9.17) is 0 Å². The zero-order valence-electron chi connectivity index (χ0n) is 20.9. The molecule has 0 heterocycles. The van der Waals surface area contributed by atoms with E-state index in [1.54, 1.807) is 6.08 Å². The summed E-state index contributed by atoms with van der Waals surface area (Å²) in [5.74, 6) is 1.54. The summed E-state index contributed by atoms with van der Waals surface area (Å²) in [7, 11) is 0. The first kappa shape index (κ1) is 24.2. The molecule has 0 aromatic carbocycles. The lowest BCUT2D eigenvalue weighted by Crippen LogP contribution is -2.66. The molecule has 1 unspecified atom stereocenters. The minimum atomic E-state index is -1.52. The number of aliphatic hydroxyl groups is 3. The number of hydrogen-bond donors (Lipinski definition) is 3. The highest BCUT2D eigenvalue weighted by Crippen LogP contribution is 2.68. The molecular formula is C28H44O4. The van der Waals surface area contributed by atoms with Crippen LogP contribution in [0.5, 0.6) is 0 Å². The standard InChI is InChI=1S/C28H44O4/c1-17(2)18(3)7-8-19(4)21-11-14-27(31)23-15-24(30)28(32)16-20(29)9-12-26(28,6)22(23)10-13-25(21,27)5/h7-8,15,17-22,29,31-32H,9-14,16H2,1-6H3/t18-,19+,20?,21+,22-,25+,26+,27+,28-/m0/s1. The quantitative estimate of drug-likeness (QED) is 0.543. The van der Waals surface area contributed by atoms with E-state index in [-0.39, 0.29) is 23.5 Å². The molecule has 0 amide bonds. The molecule has 0 spiro atoms. The van der Waals surface area contributed by atoms with Crippen molar-refractivity contribution in [1.29, 1.82) is 0 Å². The Morgan fingerprint density at radius 1 is 0.938 bits per heavy atom. The summed E-state index contributed by atoms with van der Waals surface area (Å²) in [5.41, 5.74) is -2.55. The maximum atomic E-state index is 13.3. The van der Waals surface area contributed by atoms with E-state index in [2.05, 4.69) is 46.8 Å². The molecule has 3 N–H and O–H groups in total. The second-order valence-corrected chi connectivity index (χ2v) is 12.5. The molecule has 0 aliphatic heterocycles. The fourth-order valence-electron chi connectivity index (χ4n) is 7.92. The highest BCUT2D eigenvalue weighted by Gasteiger charge is 2.69. The van der Waals surface area contributed by atoms with Crippen LogP contribution in [0.15, 0.2) is 23.8 Å². The van der Waals surface area contributed by atoms with Gasteiger partial charge in [-0.3, -0.25) is 4.79 Å². The predicted octanol–water partition coefficient (Wildman–Crippen LogP) is 4.82. The Morgan fingerprint density at radius 2 is 1.59 bits per heavy atom. The Morgan fingerprint density at radius 3 is 2.25 bits per heavy atom. The van der Waals surface area contributed by atoms with Gasteiger partial charge in [-0.2, -0.15) is 0 Å². The normalized spacial score (nSPS) is 48.2. The summed E-state index contributed by atoms with van der Waals surface area (Å²) < 4.78 is 0. The summed E-state index contributed by atoms with van der Waals surface area (Å²) in [6.45, 7) is 13.3. The number of allylic oxidation sites excluding steroid dienone is 2. The van der Waals surface area contributed by atoms with Gasteiger partial charge in [0, 0.05) is 17.3 Å². The van der Waals surface area contributed by atoms with Crippen LogP contribution in [0.1, 0.15) is 86.5 Å². The molecule has 0 aromatic rings. The van der Waals surface area contributed by atoms with E-state index in [0.29, 0.717) is 42.9 Å². The van der Waals surface area contributed by atoms with Crippen LogP contribution < -0.4 is 0 Å². The molecule has 4 rings (SSSR count). The maximum Gasteiger partial charge on any atom is 0.187 e. The third-order valence-corrected chi connectivity index (χ3v) is 10.7. The lowest BCUT2D eigenvalue weighted by atomic mass is 9.44. The van der Waals surface area contributed by atoms with Crippen LogP contribution in [-0.2, 0) is 4.79 Å². The van der Waals surface area contributed by atoms with Crippen LogP contribution in [-0.4, -0.2) is 38.4 Å². The van der Waals surface area contributed by atoms with Crippen molar-refractivity contribution in [2.75, 3.05) is 0 Å². The molecule has 0 radical (unpaired) electrons. The highest BCUT2D eigenvalue weighted by molar-refractivity contribution is 6.00. The van der Waals surface area contributed by atoms with Crippen molar-refractivity contribution >= 4 is 5.78 Å². The predicted molar refractivity (Wildman–Crippen MR) is 127 cm³/mol. The molecule has 0 aromatic heterocycles. The molecule has 4 aliphatic carbocycles. The van der Waals surface area contributed by atoms with Gasteiger partial charge in [0.05, 0.1) is 11.7 Å². The van der Waals surface area contributed by atoms with Crippen LogP contribution in [0.3, 0.4) is 0 Å². The van der Waals surface area contributed by atoms with Crippen LogP contribution >= 0.6 is 0 Å². The Bertz CT molecular complexity index is 829. The van der Waals surface area contributed by atoms with E-state index >= 15 is 0 Å². The summed E-state index contributed by atoms with van der Waals surface area (Å²) in [6, 6.07) is 0. The molecule has 0 saturated heterocycles. The number of ketones is 1.